The fourth-order valence-corrected chi connectivity index (χ4v) is 2.18. The molecule has 9 heteroatoms. The van der Waals surface area contributed by atoms with Crippen molar-refractivity contribution in [2.75, 3.05) is 5.32 Å². The number of benzene rings is 1. The molecule has 0 unspecified atom stereocenters. The minimum atomic E-state index is -3.80. The molecule has 0 aliphatic carbocycles. The van der Waals surface area contributed by atoms with Crippen molar-refractivity contribution in [3.8, 4) is 5.75 Å². The summed E-state index contributed by atoms with van der Waals surface area (Å²) >= 11 is 4.65. The molecular weight excluding hydrogens is 324 g/mol. The highest BCUT2D eigenvalue weighted by Crippen LogP contribution is 2.27. The molecule has 22 heavy (non-hydrogen) atoms. The zero-order valence-corrected chi connectivity index (χ0v) is 12.2. The van der Waals surface area contributed by atoms with Gasteiger partial charge in [-0.1, -0.05) is 0 Å². The molecule has 5 atom stereocenters. The summed E-state index contributed by atoms with van der Waals surface area (Å²) in [6, 6.07) is 5.33. The summed E-state index contributed by atoms with van der Waals surface area (Å²) in [5.41, 5.74) is -3.36. The van der Waals surface area contributed by atoms with Crippen molar-refractivity contribution in [3.05, 3.63) is 24.3 Å². The highest BCUT2D eigenvalue weighted by atomic mass is 35.5. The molecule has 6 nitrogen and oxygen atoms in total. The van der Waals surface area contributed by atoms with Gasteiger partial charge in [-0.05, 0) is 31.2 Å². The number of nitrogens with one attached hydrogen (secondary N) is 1. The van der Waals surface area contributed by atoms with Gasteiger partial charge in [0.1, 0.15) is 24.1 Å². The summed E-state index contributed by atoms with van der Waals surface area (Å²) in [6.45, 7) is 1.55. The van der Waals surface area contributed by atoms with Gasteiger partial charge in [0, 0.05) is 17.3 Å². The Kier molecular flexibility index (Phi) is 5.08. The third-order valence-electron chi connectivity index (χ3n) is 3.25. The lowest BCUT2D eigenvalue weighted by Crippen LogP contribution is -2.58. The second-order valence-electron chi connectivity index (χ2n) is 4.95. The van der Waals surface area contributed by atoms with Crippen LogP contribution in [0.2, 0.25) is 0 Å². The van der Waals surface area contributed by atoms with Crippen LogP contribution in [0.15, 0.2) is 24.3 Å². The van der Waals surface area contributed by atoms with Crippen LogP contribution < -0.4 is 10.1 Å². The predicted octanol–water partition coefficient (Wildman–Crippen LogP) is 1.09. The number of alkyl halides is 3. The lowest BCUT2D eigenvalue weighted by Gasteiger charge is -2.39. The summed E-state index contributed by atoms with van der Waals surface area (Å²) in [5, 5.41) is 31.9. The number of anilines is 1. The summed E-state index contributed by atoms with van der Waals surface area (Å²) < 4.78 is 34.5. The van der Waals surface area contributed by atoms with Crippen LogP contribution in [-0.2, 0) is 4.74 Å². The van der Waals surface area contributed by atoms with E-state index in [0.29, 0.717) is 5.69 Å². The zero-order valence-electron chi connectivity index (χ0n) is 11.5. The Morgan fingerprint density at radius 2 is 1.73 bits per heavy atom. The number of rotatable bonds is 4. The standard InChI is InChI=1S/C13H16ClF2NO5/c1-6-9(18)10(19)11(20)12(21-6)17-7-2-4-8(5-3-7)22-13(14,15)16/h2-6,9-12,17-20H,1H3/t6-,9-,10-,11+,12-/m0/s1. The van der Waals surface area contributed by atoms with Crippen molar-refractivity contribution in [2.45, 2.75) is 43.1 Å². The minimum Gasteiger partial charge on any atom is -0.420 e. The maximum absolute atomic E-state index is 12.5. The molecule has 4 N–H and O–H groups in total. The second-order valence-corrected chi connectivity index (χ2v) is 5.39. The van der Waals surface area contributed by atoms with Crippen LogP contribution in [0.5, 0.6) is 5.75 Å². The van der Waals surface area contributed by atoms with Gasteiger partial charge < -0.3 is 30.1 Å². The molecule has 124 valence electrons. The van der Waals surface area contributed by atoms with E-state index >= 15 is 0 Å². The number of aliphatic hydroxyl groups is 3. The molecule has 1 aliphatic rings. The topological polar surface area (TPSA) is 91.2 Å². The number of hydrogen-bond donors (Lipinski definition) is 4. The monoisotopic (exact) mass is 339 g/mol. The Morgan fingerprint density at radius 1 is 1.14 bits per heavy atom. The van der Waals surface area contributed by atoms with Gasteiger partial charge in [-0.3, -0.25) is 0 Å². The van der Waals surface area contributed by atoms with Gasteiger partial charge >= 0.3 is 5.57 Å². The highest BCUT2D eigenvalue weighted by Gasteiger charge is 2.41. The highest BCUT2D eigenvalue weighted by molar-refractivity contribution is 6.20. The molecule has 0 aromatic heterocycles. The number of hydrogen-bond acceptors (Lipinski definition) is 6. The van der Waals surface area contributed by atoms with E-state index in [4.69, 9.17) is 4.74 Å². The van der Waals surface area contributed by atoms with E-state index in [1.165, 1.54) is 24.3 Å². The van der Waals surface area contributed by atoms with E-state index in [1.54, 1.807) is 6.92 Å². The van der Waals surface area contributed by atoms with Gasteiger partial charge in [-0.25, -0.2) is 0 Å². The molecule has 1 heterocycles. The second kappa shape index (κ2) is 6.51. The van der Waals surface area contributed by atoms with Gasteiger partial charge in [0.2, 0.25) is 0 Å². The van der Waals surface area contributed by atoms with Crippen molar-refractivity contribution in [1.82, 2.24) is 0 Å². The molecule has 1 aromatic carbocycles. The van der Waals surface area contributed by atoms with Crippen molar-refractivity contribution in [3.63, 3.8) is 0 Å². The summed E-state index contributed by atoms with van der Waals surface area (Å²) in [7, 11) is 0. The van der Waals surface area contributed by atoms with Crippen LogP contribution >= 0.6 is 11.6 Å². The van der Waals surface area contributed by atoms with E-state index in [-0.39, 0.29) is 5.75 Å². The fourth-order valence-electron chi connectivity index (χ4n) is 2.09. The molecule has 0 spiro atoms. The Balaban J connectivity index is 2.01. The van der Waals surface area contributed by atoms with Crippen LogP contribution in [0.25, 0.3) is 0 Å². The van der Waals surface area contributed by atoms with E-state index in [2.05, 4.69) is 21.7 Å². The first-order valence-corrected chi connectivity index (χ1v) is 6.87. The summed E-state index contributed by atoms with van der Waals surface area (Å²) in [6.07, 6.45) is -5.56. The van der Waals surface area contributed by atoms with Gasteiger partial charge in [0.15, 0.2) is 6.23 Å². The van der Waals surface area contributed by atoms with Crippen molar-refractivity contribution in [1.29, 1.82) is 0 Å². The van der Waals surface area contributed by atoms with Crippen LogP contribution in [0.3, 0.4) is 0 Å². The van der Waals surface area contributed by atoms with Gasteiger partial charge in [-0.15, -0.1) is 8.78 Å². The zero-order chi connectivity index (χ0) is 16.5. The van der Waals surface area contributed by atoms with Gasteiger partial charge in [0.05, 0.1) is 6.10 Å². The Morgan fingerprint density at radius 3 is 2.27 bits per heavy atom. The predicted molar refractivity (Wildman–Crippen MR) is 73.8 cm³/mol. The van der Waals surface area contributed by atoms with E-state index < -0.39 is 36.2 Å². The average molecular weight is 340 g/mol. The summed E-state index contributed by atoms with van der Waals surface area (Å²) in [4.78, 5) is 0. The third-order valence-corrected chi connectivity index (χ3v) is 3.33. The van der Waals surface area contributed by atoms with E-state index in [1.807, 2.05) is 0 Å². The first-order chi connectivity index (χ1) is 10.2. The molecule has 1 aliphatic heterocycles. The molecule has 1 saturated heterocycles. The van der Waals surface area contributed by atoms with Crippen molar-refractivity contribution in [2.24, 2.45) is 0 Å². The molecule has 0 radical (unpaired) electrons. The van der Waals surface area contributed by atoms with Crippen LogP contribution in [0, 0.1) is 0 Å². The average Bonchev–Trinajstić information content (AvgIpc) is 2.43. The quantitative estimate of drug-likeness (QED) is 0.614. The molecule has 1 fully saturated rings. The van der Waals surface area contributed by atoms with Crippen molar-refractivity contribution >= 4 is 17.3 Å². The maximum Gasteiger partial charge on any atom is 0.487 e. The lowest BCUT2D eigenvalue weighted by atomic mass is 9.99. The molecule has 0 saturated carbocycles. The molecule has 1 aromatic rings. The van der Waals surface area contributed by atoms with E-state index in [0.717, 1.165) is 0 Å². The molecule has 2 rings (SSSR count). The van der Waals surface area contributed by atoms with E-state index in [9.17, 15) is 24.1 Å². The van der Waals surface area contributed by atoms with Crippen LogP contribution in [0.1, 0.15) is 6.92 Å². The molecular formula is C13H16ClF2NO5. The van der Waals surface area contributed by atoms with Crippen LogP contribution in [0.4, 0.5) is 14.5 Å². The molecule has 0 bridgehead atoms. The van der Waals surface area contributed by atoms with Gasteiger partial charge in [-0.2, -0.15) is 0 Å². The fraction of sp³-hybridized carbons (Fsp3) is 0.538. The van der Waals surface area contributed by atoms with Gasteiger partial charge in [0.25, 0.3) is 0 Å². The Bertz CT molecular complexity index is 498. The Hall–Kier alpha value is -1.19. The molecule has 0 amide bonds. The summed E-state index contributed by atoms with van der Waals surface area (Å²) in [5.74, 6) is -0.139. The van der Waals surface area contributed by atoms with Crippen LogP contribution in [-0.4, -0.2) is 51.5 Å². The lowest BCUT2D eigenvalue weighted by molar-refractivity contribution is -0.209. The first kappa shape index (κ1) is 17.2. The number of aliphatic hydroxyl groups excluding tert-OH is 3. The smallest absolute Gasteiger partial charge is 0.420 e. The SMILES string of the molecule is C[C@@H]1O[C@H](Nc2ccc(OC(F)(F)Cl)cc2)[C@H](O)[C@@H](O)[C@H]1O. The largest absolute Gasteiger partial charge is 0.487 e. The number of halogens is 3. The Labute approximate surface area is 130 Å². The normalized spacial score (nSPS) is 32.6. The first-order valence-electron chi connectivity index (χ1n) is 6.49. The van der Waals surface area contributed by atoms with Crippen molar-refractivity contribution < 1.29 is 33.6 Å². The number of ether oxygens (including phenoxy) is 2. The third kappa shape index (κ3) is 4.17. The minimum absolute atomic E-state index is 0.139. The maximum atomic E-state index is 12.5.